The smallest absolute Gasteiger partial charge is 0.0624 e. The van der Waals surface area contributed by atoms with Gasteiger partial charge >= 0.3 is 0 Å². The molecular weight excluding hydrogens is 246 g/mol. The van der Waals surface area contributed by atoms with E-state index in [1.807, 2.05) is 7.05 Å². The highest BCUT2D eigenvalue weighted by Crippen LogP contribution is 2.11. The van der Waals surface area contributed by atoms with Gasteiger partial charge in [-0.15, -0.1) is 0 Å². The van der Waals surface area contributed by atoms with E-state index >= 15 is 0 Å². The summed E-state index contributed by atoms with van der Waals surface area (Å²) >= 11 is 0. The summed E-state index contributed by atoms with van der Waals surface area (Å²) in [5.41, 5.74) is 3.60. The highest BCUT2D eigenvalue weighted by molar-refractivity contribution is 7.84. The number of benzene rings is 1. The molecule has 1 aromatic carbocycles. The van der Waals surface area contributed by atoms with Gasteiger partial charge in [-0.2, -0.15) is 0 Å². The Morgan fingerprint density at radius 2 is 1.89 bits per heavy atom. The second-order valence-corrected chi connectivity index (χ2v) is 6.19. The SMILES string of the molecule is CNC(COC)CS(=O)Cc1cc(C)cc(C)c1. The van der Waals surface area contributed by atoms with Gasteiger partial charge in [0.05, 0.1) is 6.61 Å². The summed E-state index contributed by atoms with van der Waals surface area (Å²) in [4.78, 5) is 0. The predicted molar refractivity (Wildman–Crippen MR) is 77.4 cm³/mol. The summed E-state index contributed by atoms with van der Waals surface area (Å²) in [5, 5.41) is 3.12. The first-order valence-corrected chi connectivity index (χ1v) is 7.62. The molecule has 0 bridgehead atoms. The number of ether oxygens (including phenoxy) is 1. The van der Waals surface area contributed by atoms with E-state index in [-0.39, 0.29) is 6.04 Å². The van der Waals surface area contributed by atoms with Crippen molar-refractivity contribution in [1.82, 2.24) is 5.32 Å². The molecule has 1 rings (SSSR count). The molecule has 2 unspecified atom stereocenters. The Balaban J connectivity index is 2.58. The minimum Gasteiger partial charge on any atom is -0.383 e. The molecule has 0 aliphatic rings. The molecule has 0 amide bonds. The molecule has 4 heteroatoms. The molecule has 1 aromatic rings. The molecule has 0 spiro atoms. The summed E-state index contributed by atoms with van der Waals surface area (Å²) in [6.45, 7) is 4.73. The van der Waals surface area contributed by atoms with Crippen molar-refractivity contribution in [1.29, 1.82) is 0 Å². The molecule has 0 aromatic heterocycles. The number of hydrogen-bond acceptors (Lipinski definition) is 3. The lowest BCUT2D eigenvalue weighted by atomic mass is 10.1. The Morgan fingerprint density at radius 3 is 2.39 bits per heavy atom. The molecule has 0 saturated heterocycles. The van der Waals surface area contributed by atoms with Crippen molar-refractivity contribution < 1.29 is 8.95 Å². The van der Waals surface area contributed by atoms with Crippen LogP contribution < -0.4 is 5.32 Å². The number of nitrogens with one attached hydrogen (secondary N) is 1. The Bertz CT molecular complexity index is 387. The number of rotatable bonds is 7. The molecule has 0 aliphatic carbocycles. The maximum atomic E-state index is 12.1. The summed E-state index contributed by atoms with van der Waals surface area (Å²) < 4.78 is 17.2. The fourth-order valence-electron chi connectivity index (χ4n) is 2.04. The summed E-state index contributed by atoms with van der Waals surface area (Å²) in [6.07, 6.45) is 0. The van der Waals surface area contributed by atoms with E-state index < -0.39 is 10.8 Å². The quantitative estimate of drug-likeness (QED) is 0.820. The van der Waals surface area contributed by atoms with Crippen LogP contribution >= 0.6 is 0 Å². The van der Waals surface area contributed by atoms with Gasteiger partial charge in [-0.05, 0) is 26.5 Å². The summed E-state index contributed by atoms with van der Waals surface area (Å²) in [7, 11) is 2.68. The molecule has 0 saturated carbocycles. The van der Waals surface area contributed by atoms with Crippen molar-refractivity contribution in [2.24, 2.45) is 0 Å². The van der Waals surface area contributed by atoms with Crippen LogP contribution in [0.2, 0.25) is 0 Å². The Hall–Kier alpha value is -0.710. The minimum absolute atomic E-state index is 0.154. The van der Waals surface area contributed by atoms with Gasteiger partial charge in [-0.3, -0.25) is 4.21 Å². The fraction of sp³-hybridized carbons (Fsp3) is 0.571. The molecule has 0 fully saturated rings. The van der Waals surface area contributed by atoms with Gasteiger partial charge in [0, 0.05) is 35.5 Å². The zero-order chi connectivity index (χ0) is 13.5. The lowest BCUT2D eigenvalue weighted by Crippen LogP contribution is -2.35. The average molecular weight is 269 g/mol. The first-order chi connectivity index (χ1) is 8.55. The molecule has 18 heavy (non-hydrogen) atoms. The summed E-state index contributed by atoms with van der Waals surface area (Å²) in [5.74, 6) is 1.24. The maximum absolute atomic E-state index is 12.1. The number of hydrogen-bond donors (Lipinski definition) is 1. The van der Waals surface area contributed by atoms with Gasteiger partial charge in [0.25, 0.3) is 0 Å². The molecule has 3 nitrogen and oxygen atoms in total. The molecule has 102 valence electrons. The van der Waals surface area contributed by atoms with Crippen molar-refractivity contribution >= 4 is 10.8 Å². The second-order valence-electron chi connectivity index (χ2n) is 4.69. The van der Waals surface area contributed by atoms with E-state index in [9.17, 15) is 4.21 Å². The Morgan fingerprint density at radius 1 is 1.28 bits per heavy atom. The van der Waals surface area contributed by atoms with Crippen LogP contribution in [-0.2, 0) is 21.3 Å². The monoisotopic (exact) mass is 269 g/mol. The van der Waals surface area contributed by atoms with Crippen molar-refractivity contribution in [2.75, 3.05) is 26.5 Å². The van der Waals surface area contributed by atoms with Crippen LogP contribution in [0.3, 0.4) is 0 Å². The zero-order valence-corrected chi connectivity index (χ0v) is 12.5. The third-order valence-corrected chi connectivity index (χ3v) is 4.20. The lowest BCUT2D eigenvalue weighted by molar-refractivity contribution is 0.176. The van der Waals surface area contributed by atoms with Gasteiger partial charge in [0.1, 0.15) is 0 Å². The number of aryl methyl sites for hydroxylation is 2. The summed E-state index contributed by atoms with van der Waals surface area (Å²) in [6, 6.07) is 6.50. The first-order valence-electron chi connectivity index (χ1n) is 6.13. The van der Waals surface area contributed by atoms with E-state index in [2.05, 4.69) is 37.4 Å². The van der Waals surface area contributed by atoms with Crippen LogP contribution in [0.25, 0.3) is 0 Å². The van der Waals surface area contributed by atoms with Crippen LogP contribution in [0, 0.1) is 13.8 Å². The van der Waals surface area contributed by atoms with Gasteiger partial charge in [-0.1, -0.05) is 29.3 Å². The lowest BCUT2D eigenvalue weighted by Gasteiger charge is -2.14. The van der Waals surface area contributed by atoms with Gasteiger partial charge in [0.15, 0.2) is 0 Å². The number of methoxy groups -OCH3 is 1. The molecule has 1 N–H and O–H groups in total. The van der Waals surface area contributed by atoms with E-state index in [1.54, 1.807) is 7.11 Å². The standard InChI is InChI=1S/C14H23NO2S/c1-11-5-12(2)7-13(6-11)9-18(16)10-14(15-3)8-17-4/h5-7,14-15H,8-10H2,1-4H3. The molecule has 0 radical (unpaired) electrons. The van der Waals surface area contributed by atoms with Crippen molar-refractivity contribution in [2.45, 2.75) is 25.6 Å². The van der Waals surface area contributed by atoms with Crippen LogP contribution in [0.5, 0.6) is 0 Å². The highest BCUT2D eigenvalue weighted by atomic mass is 32.2. The fourth-order valence-corrected chi connectivity index (χ4v) is 3.41. The van der Waals surface area contributed by atoms with Gasteiger partial charge < -0.3 is 10.1 Å². The normalized spacial score (nSPS) is 14.4. The zero-order valence-electron chi connectivity index (χ0n) is 11.7. The largest absolute Gasteiger partial charge is 0.383 e. The van der Waals surface area contributed by atoms with Crippen molar-refractivity contribution in [3.8, 4) is 0 Å². The molecule has 2 atom stereocenters. The molecule has 0 aliphatic heterocycles. The highest BCUT2D eigenvalue weighted by Gasteiger charge is 2.11. The van der Waals surface area contributed by atoms with Crippen LogP contribution in [0.1, 0.15) is 16.7 Å². The average Bonchev–Trinajstić information content (AvgIpc) is 2.26. The van der Waals surface area contributed by atoms with Crippen molar-refractivity contribution in [3.05, 3.63) is 34.9 Å². The van der Waals surface area contributed by atoms with Crippen LogP contribution in [0.4, 0.5) is 0 Å². The second kappa shape index (κ2) is 7.67. The topological polar surface area (TPSA) is 38.3 Å². The van der Waals surface area contributed by atoms with Gasteiger partial charge in [-0.25, -0.2) is 0 Å². The number of likely N-dealkylation sites (N-methyl/N-ethyl adjacent to an activating group) is 1. The molecule has 0 heterocycles. The van der Waals surface area contributed by atoms with E-state index in [1.165, 1.54) is 11.1 Å². The third kappa shape index (κ3) is 5.29. The molecular formula is C14H23NO2S. The van der Waals surface area contributed by atoms with Crippen molar-refractivity contribution in [3.63, 3.8) is 0 Å². The van der Waals surface area contributed by atoms with Crippen LogP contribution in [-0.4, -0.2) is 36.8 Å². The minimum atomic E-state index is -0.861. The first kappa shape index (κ1) is 15.3. The van der Waals surface area contributed by atoms with E-state index in [4.69, 9.17) is 4.74 Å². The Kier molecular flexibility index (Phi) is 6.54. The van der Waals surface area contributed by atoms with E-state index in [0.717, 1.165) is 5.56 Å². The maximum Gasteiger partial charge on any atom is 0.0624 e. The van der Waals surface area contributed by atoms with E-state index in [0.29, 0.717) is 18.1 Å². The van der Waals surface area contributed by atoms with Gasteiger partial charge in [0.2, 0.25) is 0 Å². The predicted octanol–water partition coefficient (Wildman–Crippen LogP) is 1.79. The Labute approximate surface area is 112 Å². The van der Waals surface area contributed by atoms with Crippen LogP contribution in [0.15, 0.2) is 18.2 Å². The third-order valence-electron chi connectivity index (χ3n) is 2.77.